The van der Waals surface area contributed by atoms with E-state index in [9.17, 15) is 32.7 Å². The number of carbonyl (C=O) groups is 2. The van der Waals surface area contributed by atoms with Gasteiger partial charge in [0.15, 0.2) is 10.7 Å². The van der Waals surface area contributed by atoms with Gasteiger partial charge < -0.3 is 16.6 Å². The lowest BCUT2D eigenvalue weighted by atomic mass is 10.0. The Morgan fingerprint density at radius 1 is 1.35 bits per heavy atom. The number of nitrogens with zero attached hydrogens (tertiary/aromatic N) is 1. The molecular formula is C11H13N3O8S. The van der Waals surface area contributed by atoms with E-state index < -0.39 is 61.1 Å². The summed E-state index contributed by atoms with van der Waals surface area (Å²) in [4.78, 5) is 31.3. The minimum atomic E-state index is -5.12. The molecule has 1 aromatic carbocycles. The Labute approximate surface area is 129 Å². The first-order valence-corrected chi connectivity index (χ1v) is 7.46. The van der Waals surface area contributed by atoms with E-state index in [1.165, 1.54) is 0 Å². The lowest BCUT2D eigenvalue weighted by Crippen LogP contribution is -2.30. The molecule has 6 N–H and O–H groups in total. The number of hydrogen-bond donors (Lipinski definition) is 4. The van der Waals surface area contributed by atoms with Crippen molar-refractivity contribution >= 4 is 33.2 Å². The number of carboxylic acid groups (broad SMARTS) is 1. The van der Waals surface area contributed by atoms with Gasteiger partial charge in [-0.3, -0.25) is 24.3 Å². The fourth-order valence-electron chi connectivity index (χ4n) is 1.81. The maximum atomic E-state index is 12.1. The summed E-state index contributed by atoms with van der Waals surface area (Å²) in [5.41, 5.74) is 8.52. The first kappa shape index (κ1) is 18.5. The standard InChI is InChI=1S/C11H13N3O8S/c12-5-1-3-7(14(18)19)10(23(20,21)22)9(5)8(15)4-2-6(13)11(16)17/h1,3,6H,2,4,12-13H2,(H,16,17)(H,20,21,22). The summed E-state index contributed by atoms with van der Waals surface area (Å²) in [6.45, 7) is 0. The summed E-state index contributed by atoms with van der Waals surface area (Å²) in [6, 6.07) is 0.295. The van der Waals surface area contributed by atoms with Crippen LogP contribution < -0.4 is 11.5 Å². The molecule has 11 nitrogen and oxygen atoms in total. The zero-order valence-corrected chi connectivity index (χ0v) is 12.3. The van der Waals surface area contributed by atoms with Crippen LogP contribution in [0.1, 0.15) is 23.2 Å². The average Bonchev–Trinajstić information content (AvgIpc) is 2.42. The van der Waals surface area contributed by atoms with Gasteiger partial charge in [0.1, 0.15) is 6.04 Å². The molecule has 1 unspecified atom stereocenters. The topological polar surface area (TPSA) is 204 Å². The van der Waals surface area contributed by atoms with Crippen molar-refractivity contribution in [1.82, 2.24) is 0 Å². The van der Waals surface area contributed by atoms with Gasteiger partial charge in [0, 0.05) is 18.2 Å². The number of Topliss-reactive ketones (excluding diaryl/α,β-unsaturated/α-hetero) is 1. The number of aliphatic carboxylic acids is 1. The van der Waals surface area contributed by atoms with Crippen molar-refractivity contribution in [3.05, 3.63) is 27.8 Å². The predicted molar refractivity (Wildman–Crippen MR) is 76.5 cm³/mol. The number of benzene rings is 1. The molecule has 0 amide bonds. The van der Waals surface area contributed by atoms with Gasteiger partial charge in [-0.15, -0.1) is 0 Å². The van der Waals surface area contributed by atoms with Crippen molar-refractivity contribution in [1.29, 1.82) is 0 Å². The fraction of sp³-hybridized carbons (Fsp3) is 0.273. The number of hydrogen-bond acceptors (Lipinski definition) is 8. The van der Waals surface area contributed by atoms with Gasteiger partial charge in [0.05, 0.1) is 10.5 Å². The molecule has 0 aliphatic rings. The van der Waals surface area contributed by atoms with Crippen molar-refractivity contribution in [2.45, 2.75) is 23.8 Å². The van der Waals surface area contributed by atoms with E-state index in [1.807, 2.05) is 0 Å². The maximum Gasteiger partial charge on any atom is 0.320 e. The molecule has 1 rings (SSSR count). The van der Waals surface area contributed by atoms with Crippen molar-refractivity contribution in [2.75, 3.05) is 5.73 Å². The van der Waals surface area contributed by atoms with E-state index in [2.05, 4.69) is 0 Å². The number of nitro groups is 1. The molecule has 12 heteroatoms. The number of rotatable bonds is 7. The number of nitro benzene ring substituents is 1. The Morgan fingerprint density at radius 2 is 1.91 bits per heavy atom. The summed E-state index contributed by atoms with van der Waals surface area (Å²) in [7, 11) is -5.12. The van der Waals surface area contributed by atoms with Crippen LogP contribution in [0, 0.1) is 10.1 Å². The number of carbonyl (C=O) groups excluding carboxylic acids is 1. The molecule has 0 saturated carbocycles. The van der Waals surface area contributed by atoms with Crippen molar-refractivity contribution < 1.29 is 32.6 Å². The third kappa shape index (κ3) is 4.21. The van der Waals surface area contributed by atoms with Crippen LogP contribution in [-0.2, 0) is 14.9 Å². The molecule has 0 aromatic heterocycles. The van der Waals surface area contributed by atoms with E-state index in [1.54, 1.807) is 0 Å². The van der Waals surface area contributed by atoms with Gasteiger partial charge in [-0.1, -0.05) is 0 Å². The largest absolute Gasteiger partial charge is 0.480 e. The van der Waals surface area contributed by atoms with Gasteiger partial charge in [0.2, 0.25) is 0 Å². The second kappa shape index (κ2) is 6.68. The molecule has 0 heterocycles. The molecule has 1 atom stereocenters. The third-order valence-corrected chi connectivity index (χ3v) is 3.83. The van der Waals surface area contributed by atoms with Crippen LogP contribution >= 0.6 is 0 Å². The summed E-state index contributed by atoms with van der Waals surface area (Å²) < 4.78 is 32.0. The molecular weight excluding hydrogens is 334 g/mol. The maximum absolute atomic E-state index is 12.1. The van der Waals surface area contributed by atoms with E-state index in [0.717, 1.165) is 12.1 Å². The first-order chi connectivity index (χ1) is 10.5. The summed E-state index contributed by atoms with van der Waals surface area (Å²) in [5, 5.41) is 19.5. The molecule has 0 aliphatic heterocycles. The second-order valence-corrected chi connectivity index (χ2v) is 5.88. The Morgan fingerprint density at radius 3 is 2.35 bits per heavy atom. The fourth-order valence-corrected chi connectivity index (χ4v) is 2.71. The van der Waals surface area contributed by atoms with E-state index in [4.69, 9.17) is 16.6 Å². The predicted octanol–water partition coefficient (Wildman–Crippen LogP) is -0.202. The molecule has 1 aromatic rings. The average molecular weight is 347 g/mol. The second-order valence-electron chi connectivity index (χ2n) is 4.52. The van der Waals surface area contributed by atoms with Gasteiger partial charge in [-0.05, 0) is 12.5 Å². The summed E-state index contributed by atoms with van der Waals surface area (Å²) in [5.74, 6) is -2.37. The quantitative estimate of drug-likeness (QED) is 0.168. The molecule has 0 saturated heterocycles. The lowest BCUT2D eigenvalue weighted by Gasteiger charge is -2.11. The Kier molecular flexibility index (Phi) is 5.37. The number of anilines is 1. The Balaban J connectivity index is 3.40. The normalized spacial score (nSPS) is 12.6. The molecule has 0 fully saturated rings. The Hall–Kier alpha value is -2.57. The van der Waals surface area contributed by atoms with Gasteiger partial charge in [-0.2, -0.15) is 8.42 Å². The molecule has 126 valence electrons. The van der Waals surface area contributed by atoms with Crippen LogP contribution in [0.3, 0.4) is 0 Å². The summed E-state index contributed by atoms with van der Waals surface area (Å²) >= 11 is 0. The molecule has 0 aliphatic carbocycles. The van der Waals surface area contributed by atoms with Crippen LogP contribution in [0.5, 0.6) is 0 Å². The first-order valence-electron chi connectivity index (χ1n) is 6.02. The smallest absolute Gasteiger partial charge is 0.320 e. The molecule has 23 heavy (non-hydrogen) atoms. The highest BCUT2D eigenvalue weighted by molar-refractivity contribution is 7.86. The van der Waals surface area contributed by atoms with Crippen LogP contribution in [0.2, 0.25) is 0 Å². The number of carboxylic acids is 1. The summed E-state index contributed by atoms with van der Waals surface area (Å²) in [6.07, 6.45) is -0.872. The van der Waals surface area contributed by atoms with Gasteiger partial charge in [-0.25, -0.2) is 0 Å². The van der Waals surface area contributed by atoms with E-state index >= 15 is 0 Å². The zero-order chi connectivity index (χ0) is 17.9. The third-order valence-electron chi connectivity index (χ3n) is 2.90. The number of ketones is 1. The van der Waals surface area contributed by atoms with Gasteiger partial charge in [0.25, 0.3) is 5.69 Å². The van der Waals surface area contributed by atoms with E-state index in [0.29, 0.717) is 0 Å². The van der Waals surface area contributed by atoms with Crippen LogP contribution in [0.4, 0.5) is 11.4 Å². The molecule has 0 radical (unpaired) electrons. The lowest BCUT2D eigenvalue weighted by molar-refractivity contribution is -0.387. The van der Waals surface area contributed by atoms with Gasteiger partial charge >= 0.3 is 16.1 Å². The van der Waals surface area contributed by atoms with E-state index in [-0.39, 0.29) is 6.42 Å². The monoisotopic (exact) mass is 347 g/mol. The van der Waals surface area contributed by atoms with Crippen LogP contribution in [-0.4, -0.2) is 40.8 Å². The molecule has 0 bridgehead atoms. The highest BCUT2D eigenvalue weighted by Crippen LogP contribution is 2.32. The van der Waals surface area contributed by atoms with Crippen molar-refractivity contribution in [3.8, 4) is 0 Å². The SMILES string of the molecule is Nc1ccc([N+](=O)[O-])c(S(=O)(=O)O)c1C(=O)CCC(N)C(=O)O. The minimum absolute atomic E-state index is 0.346. The Bertz CT molecular complexity index is 774. The van der Waals surface area contributed by atoms with Crippen molar-refractivity contribution in [3.63, 3.8) is 0 Å². The zero-order valence-electron chi connectivity index (χ0n) is 11.5. The highest BCUT2D eigenvalue weighted by Gasteiger charge is 2.32. The number of nitrogen functional groups attached to an aromatic ring is 1. The highest BCUT2D eigenvalue weighted by atomic mass is 32.2. The minimum Gasteiger partial charge on any atom is -0.480 e. The van der Waals surface area contributed by atoms with Crippen LogP contribution in [0.25, 0.3) is 0 Å². The number of nitrogens with two attached hydrogens (primary N) is 2. The van der Waals surface area contributed by atoms with Crippen LogP contribution in [0.15, 0.2) is 17.0 Å². The molecule has 0 spiro atoms. The van der Waals surface area contributed by atoms with Crippen molar-refractivity contribution in [2.24, 2.45) is 5.73 Å².